The Labute approximate surface area is 176 Å². The van der Waals surface area contributed by atoms with Crippen LogP contribution in [0.15, 0.2) is 45.3 Å². The Bertz CT molecular complexity index is 825. The Morgan fingerprint density at radius 3 is 2.52 bits per heavy atom. The van der Waals surface area contributed by atoms with Crippen molar-refractivity contribution in [3.05, 3.63) is 56.5 Å². The minimum absolute atomic E-state index is 0.0756. The highest BCUT2D eigenvalue weighted by Crippen LogP contribution is 2.26. The molecule has 0 saturated heterocycles. The number of hydrogen-bond donors (Lipinski definition) is 2. The summed E-state index contributed by atoms with van der Waals surface area (Å²) in [5, 5.41) is 5.65. The number of anilines is 1. The van der Waals surface area contributed by atoms with Crippen molar-refractivity contribution in [1.82, 2.24) is 5.32 Å². The molecule has 0 unspecified atom stereocenters. The second-order valence-electron chi connectivity index (χ2n) is 6.08. The predicted molar refractivity (Wildman–Crippen MR) is 114 cm³/mol. The number of rotatable bonds is 8. The summed E-state index contributed by atoms with van der Waals surface area (Å²) in [6, 6.07) is 11.5. The van der Waals surface area contributed by atoms with E-state index in [2.05, 4.69) is 42.5 Å². The van der Waals surface area contributed by atoms with Crippen molar-refractivity contribution in [3.8, 4) is 5.75 Å². The molecule has 0 fully saturated rings. The molecule has 0 radical (unpaired) electrons. The zero-order chi connectivity index (χ0) is 19.8. The molecule has 2 rings (SSSR count). The Morgan fingerprint density at radius 2 is 1.81 bits per heavy atom. The van der Waals surface area contributed by atoms with Gasteiger partial charge in [-0.15, -0.1) is 0 Å². The van der Waals surface area contributed by atoms with Gasteiger partial charge >= 0.3 is 0 Å². The minimum Gasteiger partial charge on any atom is -0.496 e. The van der Waals surface area contributed by atoms with Gasteiger partial charge in [-0.2, -0.15) is 0 Å². The number of amides is 2. The maximum absolute atomic E-state index is 12.0. The normalized spacial score (nSPS) is 10.4. The molecule has 0 aromatic heterocycles. The van der Waals surface area contributed by atoms with Crippen LogP contribution in [0.1, 0.15) is 24.0 Å². The summed E-state index contributed by atoms with van der Waals surface area (Å²) in [7, 11) is 1.61. The first-order valence-electron chi connectivity index (χ1n) is 8.54. The maximum Gasteiger partial charge on any atom is 0.226 e. The third kappa shape index (κ3) is 6.99. The monoisotopic (exact) mass is 496 g/mol. The Balaban J connectivity index is 1.71. The number of benzene rings is 2. The molecule has 0 aliphatic heterocycles. The highest BCUT2D eigenvalue weighted by molar-refractivity contribution is 9.10. The van der Waals surface area contributed by atoms with E-state index in [0.717, 1.165) is 31.5 Å². The molecule has 0 bridgehead atoms. The van der Waals surface area contributed by atoms with E-state index >= 15 is 0 Å². The first-order chi connectivity index (χ1) is 12.9. The molecule has 27 heavy (non-hydrogen) atoms. The maximum atomic E-state index is 12.0. The molecule has 2 aromatic rings. The van der Waals surface area contributed by atoms with Gasteiger partial charge in [-0.1, -0.05) is 28.1 Å². The van der Waals surface area contributed by atoms with E-state index in [-0.39, 0.29) is 18.2 Å². The number of carbonyl (C=O) groups is 2. The summed E-state index contributed by atoms with van der Waals surface area (Å²) in [5.41, 5.74) is 2.80. The molecule has 0 heterocycles. The Morgan fingerprint density at radius 1 is 1.04 bits per heavy atom. The lowest BCUT2D eigenvalue weighted by atomic mass is 10.1. The van der Waals surface area contributed by atoms with Gasteiger partial charge in [0, 0.05) is 29.5 Å². The largest absolute Gasteiger partial charge is 0.496 e. The lowest BCUT2D eigenvalue weighted by molar-refractivity contribution is -0.121. The lowest BCUT2D eigenvalue weighted by Crippen LogP contribution is -2.27. The third-order valence-corrected chi connectivity index (χ3v) is 5.12. The Kier molecular flexibility index (Phi) is 8.31. The number of hydrogen-bond acceptors (Lipinski definition) is 3. The lowest BCUT2D eigenvalue weighted by Gasteiger charge is -2.10. The van der Waals surface area contributed by atoms with Crippen LogP contribution in [0.4, 0.5) is 5.69 Å². The van der Waals surface area contributed by atoms with Crippen molar-refractivity contribution in [2.24, 2.45) is 0 Å². The number of ether oxygens (including phenoxy) is 1. The summed E-state index contributed by atoms with van der Waals surface area (Å²) >= 11 is 6.82. The fraction of sp³-hybridized carbons (Fsp3) is 0.300. The number of nitrogens with one attached hydrogen (secondary N) is 2. The van der Waals surface area contributed by atoms with Crippen LogP contribution >= 0.6 is 31.9 Å². The molecule has 5 nitrogen and oxygen atoms in total. The van der Waals surface area contributed by atoms with Gasteiger partial charge in [0.1, 0.15) is 5.75 Å². The van der Waals surface area contributed by atoms with E-state index in [1.54, 1.807) is 7.11 Å². The fourth-order valence-corrected chi connectivity index (χ4v) is 3.42. The molecule has 0 aliphatic rings. The Hall–Kier alpha value is -1.86. The minimum atomic E-state index is -0.129. The van der Waals surface area contributed by atoms with Crippen molar-refractivity contribution in [3.63, 3.8) is 0 Å². The first kappa shape index (κ1) is 21.4. The van der Waals surface area contributed by atoms with Crippen LogP contribution in [-0.2, 0) is 16.0 Å². The van der Waals surface area contributed by atoms with Crippen LogP contribution in [-0.4, -0.2) is 25.5 Å². The van der Waals surface area contributed by atoms with E-state index < -0.39 is 0 Å². The van der Waals surface area contributed by atoms with Gasteiger partial charge < -0.3 is 15.4 Å². The van der Waals surface area contributed by atoms with Crippen molar-refractivity contribution in [1.29, 1.82) is 0 Å². The van der Waals surface area contributed by atoms with Crippen molar-refractivity contribution in [2.45, 2.75) is 26.2 Å². The topological polar surface area (TPSA) is 67.4 Å². The van der Waals surface area contributed by atoms with Crippen LogP contribution in [0, 0.1) is 6.92 Å². The molecule has 7 heteroatoms. The van der Waals surface area contributed by atoms with Gasteiger partial charge in [0.25, 0.3) is 0 Å². The van der Waals surface area contributed by atoms with Crippen LogP contribution in [0.3, 0.4) is 0 Å². The highest BCUT2D eigenvalue weighted by atomic mass is 79.9. The average Bonchev–Trinajstić information content (AvgIpc) is 2.63. The summed E-state index contributed by atoms with van der Waals surface area (Å²) in [4.78, 5) is 24.0. The predicted octanol–water partition coefficient (Wildman–Crippen LogP) is 4.61. The highest BCUT2D eigenvalue weighted by Gasteiger charge is 2.08. The first-order valence-corrected chi connectivity index (χ1v) is 10.1. The summed E-state index contributed by atoms with van der Waals surface area (Å²) in [5.74, 6) is 0.554. The SMILES string of the molecule is COc1ccc(CCC(=O)NCCC(=O)Nc2cc(Br)ccc2C)cc1Br. The van der Waals surface area contributed by atoms with Crippen molar-refractivity contribution in [2.75, 3.05) is 19.0 Å². The van der Waals surface area contributed by atoms with Gasteiger partial charge in [0.05, 0.1) is 11.6 Å². The van der Waals surface area contributed by atoms with Crippen LogP contribution < -0.4 is 15.4 Å². The number of halogens is 2. The number of aryl methyl sites for hydroxylation is 2. The number of methoxy groups -OCH3 is 1. The third-order valence-electron chi connectivity index (χ3n) is 4.00. The van der Waals surface area contributed by atoms with E-state index in [1.165, 1.54) is 0 Å². The van der Waals surface area contributed by atoms with E-state index in [1.807, 2.05) is 43.3 Å². The quantitative estimate of drug-likeness (QED) is 0.559. The molecule has 144 valence electrons. The molecule has 0 atom stereocenters. The molecular formula is C20H22Br2N2O3. The summed E-state index contributed by atoms with van der Waals surface area (Å²) in [6.45, 7) is 2.24. The van der Waals surface area contributed by atoms with Gasteiger partial charge in [-0.05, 0) is 64.7 Å². The molecule has 0 aliphatic carbocycles. The number of carbonyl (C=O) groups excluding carboxylic acids is 2. The molecule has 2 amide bonds. The molecule has 0 spiro atoms. The molecular weight excluding hydrogens is 476 g/mol. The second-order valence-corrected chi connectivity index (χ2v) is 7.85. The summed E-state index contributed by atoms with van der Waals surface area (Å²) < 4.78 is 6.96. The van der Waals surface area contributed by atoms with E-state index in [9.17, 15) is 9.59 Å². The van der Waals surface area contributed by atoms with Crippen LogP contribution in [0.2, 0.25) is 0 Å². The van der Waals surface area contributed by atoms with E-state index in [0.29, 0.717) is 19.4 Å². The van der Waals surface area contributed by atoms with E-state index in [4.69, 9.17) is 4.74 Å². The smallest absolute Gasteiger partial charge is 0.226 e. The molecule has 2 aromatic carbocycles. The zero-order valence-electron chi connectivity index (χ0n) is 15.3. The average molecular weight is 498 g/mol. The molecule has 0 saturated carbocycles. The van der Waals surface area contributed by atoms with Crippen molar-refractivity contribution >= 4 is 49.4 Å². The van der Waals surface area contributed by atoms with Gasteiger partial charge in [0.2, 0.25) is 11.8 Å². The van der Waals surface area contributed by atoms with Crippen LogP contribution in [0.5, 0.6) is 5.75 Å². The van der Waals surface area contributed by atoms with Gasteiger partial charge in [0.15, 0.2) is 0 Å². The molecule has 2 N–H and O–H groups in total. The zero-order valence-corrected chi connectivity index (χ0v) is 18.4. The van der Waals surface area contributed by atoms with Gasteiger partial charge in [-0.3, -0.25) is 9.59 Å². The standard InChI is InChI=1S/C20H22Br2N2O3/c1-13-3-6-15(21)12-17(13)24-20(26)9-10-23-19(25)8-5-14-4-7-18(27-2)16(22)11-14/h3-4,6-7,11-12H,5,8-10H2,1-2H3,(H,23,25)(H,24,26). The fourth-order valence-electron chi connectivity index (χ4n) is 2.47. The van der Waals surface area contributed by atoms with Crippen molar-refractivity contribution < 1.29 is 14.3 Å². The summed E-state index contributed by atoms with van der Waals surface area (Å²) in [6.07, 6.45) is 1.22. The van der Waals surface area contributed by atoms with Crippen LogP contribution in [0.25, 0.3) is 0 Å². The second kappa shape index (κ2) is 10.5. The van der Waals surface area contributed by atoms with Gasteiger partial charge in [-0.25, -0.2) is 0 Å².